The van der Waals surface area contributed by atoms with Crippen molar-refractivity contribution in [1.82, 2.24) is 0 Å². The average molecular weight is 236 g/mol. The Morgan fingerprint density at radius 3 is 1.18 bits per heavy atom. The third kappa shape index (κ3) is 2.17. The standard InChI is InChI=1S/C17H32/c1-15(2,16(3)11-7-5-8-12-16)17(4)13-9-6-10-14-17/h5-14H2,1-4H3. The molecular weight excluding hydrogens is 204 g/mol. The number of hydrogen-bond donors (Lipinski definition) is 0. The van der Waals surface area contributed by atoms with Gasteiger partial charge in [-0.05, 0) is 41.9 Å². The van der Waals surface area contributed by atoms with E-state index in [1.807, 2.05) is 0 Å². The SMILES string of the molecule is CC1(C(C)(C)C2(C)CCCCC2)CCCCC1. The Bertz CT molecular complexity index is 223. The van der Waals surface area contributed by atoms with Gasteiger partial charge in [-0.3, -0.25) is 0 Å². The van der Waals surface area contributed by atoms with Gasteiger partial charge in [0.15, 0.2) is 0 Å². The number of hydrogen-bond acceptors (Lipinski definition) is 0. The van der Waals surface area contributed by atoms with Crippen LogP contribution >= 0.6 is 0 Å². The fraction of sp³-hybridized carbons (Fsp3) is 1.00. The van der Waals surface area contributed by atoms with Crippen molar-refractivity contribution in [1.29, 1.82) is 0 Å². The van der Waals surface area contributed by atoms with Gasteiger partial charge in [0.25, 0.3) is 0 Å². The van der Waals surface area contributed by atoms with Crippen molar-refractivity contribution >= 4 is 0 Å². The van der Waals surface area contributed by atoms with Crippen LogP contribution < -0.4 is 0 Å². The monoisotopic (exact) mass is 236 g/mol. The minimum Gasteiger partial charge on any atom is -0.0591 e. The molecule has 2 aliphatic carbocycles. The first-order valence-electron chi connectivity index (χ1n) is 7.91. The summed E-state index contributed by atoms with van der Waals surface area (Å²) in [5.74, 6) is 0. The fourth-order valence-corrected chi connectivity index (χ4v) is 4.64. The van der Waals surface area contributed by atoms with Crippen LogP contribution in [0.25, 0.3) is 0 Å². The lowest BCUT2D eigenvalue weighted by Gasteiger charge is -2.58. The molecule has 0 aromatic heterocycles. The zero-order chi connectivity index (χ0) is 12.6. The largest absolute Gasteiger partial charge is 0.0591 e. The first-order chi connectivity index (χ1) is 7.91. The van der Waals surface area contributed by atoms with Gasteiger partial charge in [-0.2, -0.15) is 0 Å². The molecule has 0 saturated heterocycles. The van der Waals surface area contributed by atoms with Crippen LogP contribution in [0.4, 0.5) is 0 Å². The molecule has 0 bridgehead atoms. The van der Waals surface area contributed by atoms with Gasteiger partial charge in [-0.25, -0.2) is 0 Å². The van der Waals surface area contributed by atoms with Crippen molar-refractivity contribution in [3.8, 4) is 0 Å². The van der Waals surface area contributed by atoms with Gasteiger partial charge in [0.1, 0.15) is 0 Å². The average Bonchev–Trinajstić information content (AvgIpc) is 2.30. The highest BCUT2D eigenvalue weighted by Crippen LogP contribution is 2.61. The topological polar surface area (TPSA) is 0 Å². The zero-order valence-corrected chi connectivity index (χ0v) is 12.6. The molecule has 0 amide bonds. The number of rotatable bonds is 2. The van der Waals surface area contributed by atoms with Gasteiger partial charge in [0.05, 0.1) is 0 Å². The normalized spacial score (nSPS) is 28.9. The van der Waals surface area contributed by atoms with Gasteiger partial charge >= 0.3 is 0 Å². The third-order valence-corrected chi connectivity index (χ3v) is 6.93. The second kappa shape index (κ2) is 4.59. The first-order valence-corrected chi connectivity index (χ1v) is 7.91. The summed E-state index contributed by atoms with van der Waals surface area (Å²) in [6.45, 7) is 10.4. The van der Waals surface area contributed by atoms with Crippen LogP contribution in [-0.4, -0.2) is 0 Å². The summed E-state index contributed by atoms with van der Waals surface area (Å²) in [4.78, 5) is 0. The summed E-state index contributed by atoms with van der Waals surface area (Å²) >= 11 is 0. The van der Waals surface area contributed by atoms with E-state index in [0.717, 1.165) is 0 Å². The molecule has 0 heteroatoms. The van der Waals surface area contributed by atoms with E-state index >= 15 is 0 Å². The van der Waals surface area contributed by atoms with Crippen molar-refractivity contribution in [2.24, 2.45) is 16.2 Å². The molecule has 0 unspecified atom stereocenters. The van der Waals surface area contributed by atoms with Crippen molar-refractivity contribution in [2.75, 3.05) is 0 Å². The summed E-state index contributed by atoms with van der Waals surface area (Å²) in [7, 11) is 0. The van der Waals surface area contributed by atoms with Crippen molar-refractivity contribution in [2.45, 2.75) is 91.9 Å². The third-order valence-electron chi connectivity index (χ3n) is 6.93. The van der Waals surface area contributed by atoms with E-state index in [4.69, 9.17) is 0 Å². The molecule has 0 radical (unpaired) electrons. The molecule has 0 aliphatic heterocycles. The molecule has 17 heavy (non-hydrogen) atoms. The Balaban J connectivity index is 2.20. The predicted molar refractivity (Wildman–Crippen MR) is 76.2 cm³/mol. The van der Waals surface area contributed by atoms with Crippen molar-refractivity contribution < 1.29 is 0 Å². The molecule has 2 rings (SSSR count). The molecule has 0 heterocycles. The maximum absolute atomic E-state index is 2.59. The smallest absolute Gasteiger partial charge is 0.0246 e. The molecule has 0 nitrogen and oxygen atoms in total. The van der Waals surface area contributed by atoms with E-state index in [1.54, 1.807) is 0 Å². The molecule has 0 aromatic carbocycles. The summed E-state index contributed by atoms with van der Waals surface area (Å²) in [5.41, 5.74) is 1.70. The van der Waals surface area contributed by atoms with Crippen LogP contribution in [0.3, 0.4) is 0 Å². The maximum Gasteiger partial charge on any atom is -0.0246 e. The van der Waals surface area contributed by atoms with E-state index in [-0.39, 0.29) is 0 Å². The molecule has 2 fully saturated rings. The lowest BCUT2D eigenvalue weighted by Crippen LogP contribution is -2.49. The summed E-state index contributed by atoms with van der Waals surface area (Å²) in [6, 6.07) is 0. The molecule has 2 saturated carbocycles. The van der Waals surface area contributed by atoms with Crippen LogP contribution in [0.5, 0.6) is 0 Å². The first kappa shape index (κ1) is 13.4. The molecule has 0 N–H and O–H groups in total. The van der Waals surface area contributed by atoms with E-state index in [2.05, 4.69) is 27.7 Å². The van der Waals surface area contributed by atoms with Crippen LogP contribution in [0, 0.1) is 16.2 Å². The van der Waals surface area contributed by atoms with Gasteiger partial charge in [-0.1, -0.05) is 66.2 Å². The minimum atomic E-state index is 0.515. The fourth-order valence-electron chi connectivity index (χ4n) is 4.64. The molecule has 0 atom stereocenters. The van der Waals surface area contributed by atoms with Gasteiger partial charge in [0, 0.05) is 0 Å². The van der Waals surface area contributed by atoms with Crippen LogP contribution in [-0.2, 0) is 0 Å². The Morgan fingerprint density at radius 2 is 0.882 bits per heavy atom. The summed E-state index contributed by atoms with van der Waals surface area (Å²) in [5, 5.41) is 0. The quantitative estimate of drug-likeness (QED) is 0.555. The Hall–Kier alpha value is 0. The zero-order valence-electron chi connectivity index (χ0n) is 12.6. The molecule has 0 aromatic rings. The lowest BCUT2D eigenvalue weighted by molar-refractivity contribution is -0.0820. The molecule has 2 aliphatic rings. The van der Waals surface area contributed by atoms with Crippen molar-refractivity contribution in [3.05, 3.63) is 0 Å². The van der Waals surface area contributed by atoms with E-state index in [0.29, 0.717) is 16.2 Å². The predicted octanol–water partition coefficient (Wildman–Crippen LogP) is 5.95. The van der Waals surface area contributed by atoms with Gasteiger partial charge in [0.2, 0.25) is 0 Å². The molecule has 0 spiro atoms. The van der Waals surface area contributed by atoms with E-state index in [9.17, 15) is 0 Å². The van der Waals surface area contributed by atoms with E-state index in [1.165, 1.54) is 64.2 Å². The summed E-state index contributed by atoms with van der Waals surface area (Å²) < 4.78 is 0. The van der Waals surface area contributed by atoms with Gasteiger partial charge in [-0.15, -0.1) is 0 Å². The van der Waals surface area contributed by atoms with Crippen LogP contribution in [0.1, 0.15) is 91.9 Å². The highest BCUT2D eigenvalue weighted by Gasteiger charge is 2.52. The lowest BCUT2D eigenvalue weighted by atomic mass is 9.47. The maximum atomic E-state index is 2.59. The Labute approximate surface area is 109 Å². The van der Waals surface area contributed by atoms with E-state index < -0.39 is 0 Å². The Kier molecular flexibility index (Phi) is 3.63. The molecule has 100 valence electrons. The summed E-state index contributed by atoms with van der Waals surface area (Å²) in [6.07, 6.45) is 14.7. The highest BCUT2D eigenvalue weighted by atomic mass is 14.6. The minimum absolute atomic E-state index is 0.515. The van der Waals surface area contributed by atoms with Crippen molar-refractivity contribution in [3.63, 3.8) is 0 Å². The van der Waals surface area contributed by atoms with Crippen LogP contribution in [0.2, 0.25) is 0 Å². The van der Waals surface area contributed by atoms with Gasteiger partial charge < -0.3 is 0 Å². The molecular formula is C17H32. The Morgan fingerprint density at radius 1 is 0.588 bits per heavy atom. The second-order valence-corrected chi connectivity index (χ2v) is 7.87. The highest BCUT2D eigenvalue weighted by molar-refractivity contribution is 5.02. The van der Waals surface area contributed by atoms with Crippen LogP contribution in [0.15, 0.2) is 0 Å². The second-order valence-electron chi connectivity index (χ2n) is 7.87.